The quantitative estimate of drug-likeness (QED) is 0.629. The molecule has 3 aromatic rings. The molecular formula is C16H10F6N2O. The Bertz CT molecular complexity index is 969. The Balaban J connectivity index is 2.04. The van der Waals surface area contributed by atoms with Gasteiger partial charge in [-0.15, -0.1) is 0 Å². The first kappa shape index (κ1) is 16.2. The van der Waals surface area contributed by atoms with Crippen LogP contribution in [0.3, 0.4) is 0 Å². The highest BCUT2D eigenvalue weighted by atomic mass is 19.4. The summed E-state index contributed by atoms with van der Waals surface area (Å²) in [6, 6.07) is 4.36. The number of nitrogens with zero attached hydrogens (tertiary/aromatic N) is 1. The standard InChI is InChI=1S/C16H10F6N2O/c17-15(18,19)10-4-12(16(20,21)22)24-14-9(10)2-1-7-3-11(23-13(7)14)8-5-25-6-8/h1-4,8,23H,5-6H2. The van der Waals surface area contributed by atoms with Crippen LogP contribution in [0.4, 0.5) is 26.3 Å². The first-order chi connectivity index (χ1) is 11.6. The third-order valence-corrected chi connectivity index (χ3v) is 4.27. The van der Waals surface area contributed by atoms with Crippen molar-refractivity contribution in [3.05, 3.63) is 41.2 Å². The van der Waals surface area contributed by atoms with Crippen molar-refractivity contribution in [3.63, 3.8) is 0 Å². The van der Waals surface area contributed by atoms with Gasteiger partial charge in [-0.25, -0.2) is 4.98 Å². The fraction of sp³-hybridized carbons (Fsp3) is 0.312. The molecule has 132 valence electrons. The second-order valence-electron chi connectivity index (χ2n) is 5.94. The number of hydrogen-bond acceptors (Lipinski definition) is 2. The van der Waals surface area contributed by atoms with Crippen LogP contribution in [0, 0.1) is 0 Å². The molecule has 1 saturated heterocycles. The Labute approximate surface area is 136 Å². The predicted octanol–water partition coefficient (Wildman–Crippen LogP) is 4.87. The number of halogens is 6. The van der Waals surface area contributed by atoms with Crippen molar-refractivity contribution in [1.29, 1.82) is 0 Å². The lowest BCUT2D eigenvalue weighted by molar-refractivity contribution is -0.144. The van der Waals surface area contributed by atoms with Crippen molar-refractivity contribution >= 4 is 21.8 Å². The summed E-state index contributed by atoms with van der Waals surface area (Å²) in [7, 11) is 0. The van der Waals surface area contributed by atoms with E-state index < -0.39 is 23.6 Å². The fourth-order valence-corrected chi connectivity index (χ4v) is 2.92. The molecule has 1 N–H and O–H groups in total. The van der Waals surface area contributed by atoms with E-state index in [4.69, 9.17) is 4.74 Å². The van der Waals surface area contributed by atoms with Crippen molar-refractivity contribution < 1.29 is 31.1 Å². The molecule has 9 heteroatoms. The molecule has 1 fully saturated rings. The van der Waals surface area contributed by atoms with E-state index in [9.17, 15) is 26.3 Å². The Hall–Kier alpha value is -2.29. The van der Waals surface area contributed by atoms with Gasteiger partial charge in [0.15, 0.2) is 0 Å². The molecule has 3 nitrogen and oxygen atoms in total. The van der Waals surface area contributed by atoms with Gasteiger partial charge >= 0.3 is 12.4 Å². The van der Waals surface area contributed by atoms with Gasteiger partial charge in [0.05, 0.1) is 29.8 Å². The molecule has 1 aromatic carbocycles. The molecule has 0 atom stereocenters. The lowest BCUT2D eigenvalue weighted by Gasteiger charge is -2.24. The number of hydrogen-bond donors (Lipinski definition) is 1. The van der Waals surface area contributed by atoms with Crippen LogP contribution in [0.15, 0.2) is 24.3 Å². The summed E-state index contributed by atoms with van der Waals surface area (Å²) >= 11 is 0. The van der Waals surface area contributed by atoms with Gasteiger partial charge in [0.2, 0.25) is 0 Å². The number of aromatic amines is 1. The summed E-state index contributed by atoms with van der Waals surface area (Å²) in [5.41, 5.74) is -2.39. The molecule has 0 unspecified atom stereocenters. The van der Waals surface area contributed by atoms with Crippen molar-refractivity contribution in [2.75, 3.05) is 13.2 Å². The zero-order valence-electron chi connectivity index (χ0n) is 12.4. The SMILES string of the molecule is FC(F)(F)c1cc(C(F)(F)F)c2ccc3cc(C4COC4)[nH]c3c2n1. The molecular weight excluding hydrogens is 350 g/mol. The van der Waals surface area contributed by atoms with Gasteiger partial charge in [-0.05, 0) is 12.1 Å². The molecule has 4 rings (SSSR count). The van der Waals surface area contributed by atoms with Crippen LogP contribution in [0.5, 0.6) is 0 Å². The van der Waals surface area contributed by atoms with E-state index in [0.717, 1.165) is 6.07 Å². The molecule has 0 radical (unpaired) electrons. The van der Waals surface area contributed by atoms with Gasteiger partial charge in [0, 0.05) is 22.4 Å². The van der Waals surface area contributed by atoms with Crippen molar-refractivity contribution in [3.8, 4) is 0 Å². The molecule has 1 aliphatic rings. The number of rotatable bonds is 1. The monoisotopic (exact) mass is 360 g/mol. The molecule has 0 amide bonds. The molecule has 2 aromatic heterocycles. The minimum atomic E-state index is -4.98. The van der Waals surface area contributed by atoms with Gasteiger partial charge < -0.3 is 9.72 Å². The summed E-state index contributed by atoms with van der Waals surface area (Å²) in [6.07, 6.45) is -9.90. The highest BCUT2D eigenvalue weighted by Gasteiger charge is 2.39. The Morgan fingerprint density at radius 1 is 1.00 bits per heavy atom. The Kier molecular flexibility index (Phi) is 3.31. The summed E-state index contributed by atoms with van der Waals surface area (Å²) in [4.78, 5) is 6.40. The molecule has 25 heavy (non-hydrogen) atoms. The van der Waals surface area contributed by atoms with E-state index in [1.165, 1.54) is 6.07 Å². The molecule has 3 heterocycles. The lowest BCUT2D eigenvalue weighted by atomic mass is 10.0. The molecule has 0 aliphatic carbocycles. The molecule has 1 aliphatic heterocycles. The first-order valence-corrected chi connectivity index (χ1v) is 7.33. The largest absolute Gasteiger partial charge is 0.433 e. The number of fused-ring (bicyclic) bond motifs is 3. The second kappa shape index (κ2) is 5.10. The van der Waals surface area contributed by atoms with Crippen LogP contribution < -0.4 is 0 Å². The van der Waals surface area contributed by atoms with Crippen LogP contribution in [0.1, 0.15) is 22.9 Å². The van der Waals surface area contributed by atoms with Gasteiger partial charge in [0.1, 0.15) is 5.69 Å². The van der Waals surface area contributed by atoms with Crippen molar-refractivity contribution in [2.24, 2.45) is 0 Å². The summed E-state index contributed by atoms with van der Waals surface area (Å²) < 4.78 is 83.9. The third kappa shape index (κ3) is 2.62. The van der Waals surface area contributed by atoms with E-state index in [1.54, 1.807) is 6.07 Å². The average molecular weight is 360 g/mol. The molecule has 0 spiro atoms. The Morgan fingerprint density at radius 2 is 1.72 bits per heavy atom. The minimum Gasteiger partial charge on any atom is -0.380 e. The number of alkyl halides is 6. The predicted molar refractivity (Wildman–Crippen MR) is 77.2 cm³/mol. The molecule has 0 saturated carbocycles. The van der Waals surface area contributed by atoms with E-state index in [2.05, 4.69) is 9.97 Å². The van der Waals surface area contributed by atoms with Crippen LogP contribution >= 0.6 is 0 Å². The average Bonchev–Trinajstić information content (AvgIpc) is 2.85. The first-order valence-electron chi connectivity index (χ1n) is 7.33. The maximum absolute atomic E-state index is 13.3. The summed E-state index contributed by atoms with van der Waals surface area (Å²) in [5.74, 6) is 0.0512. The molecule has 0 bridgehead atoms. The fourth-order valence-electron chi connectivity index (χ4n) is 2.92. The zero-order valence-corrected chi connectivity index (χ0v) is 12.4. The van der Waals surface area contributed by atoms with Crippen LogP contribution in [-0.4, -0.2) is 23.2 Å². The van der Waals surface area contributed by atoms with Gasteiger partial charge in [0.25, 0.3) is 0 Å². The van der Waals surface area contributed by atoms with Crippen molar-refractivity contribution in [1.82, 2.24) is 9.97 Å². The smallest absolute Gasteiger partial charge is 0.380 e. The maximum atomic E-state index is 13.3. The normalized spacial score (nSPS) is 16.6. The number of nitrogens with one attached hydrogen (secondary N) is 1. The van der Waals surface area contributed by atoms with Crippen molar-refractivity contribution in [2.45, 2.75) is 18.3 Å². The number of H-pyrrole nitrogens is 1. The number of ether oxygens (including phenoxy) is 1. The Morgan fingerprint density at radius 3 is 2.28 bits per heavy atom. The van der Waals surface area contributed by atoms with E-state index in [0.29, 0.717) is 24.3 Å². The van der Waals surface area contributed by atoms with E-state index in [1.807, 2.05) is 0 Å². The van der Waals surface area contributed by atoms with Crippen LogP contribution in [-0.2, 0) is 17.1 Å². The topological polar surface area (TPSA) is 37.9 Å². The van der Waals surface area contributed by atoms with Gasteiger partial charge in [-0.1, -0.05) is 12.1 Å². The third-order valence-electron chi connectivity index (χ3n) is 4.27. The minimum absolute atomic E-state index is 0.0512. The summed E-state index contributed by atoms with van der Waals surface area (Å²) in [6.45, 7) is 0.916. The lowest BCUT2D eigenvalue weighted by Crippen LogP contribution is -2.25. The van der Waals surface area contributed by atoms with Crippen LogP contribution in [0.25, 0.3) is 21.8 Å². The van der Waals surface area contributed by atoms with E-state index in [-0.39, 0.29) is 28.4 Å². The number of pyridine rings is 1. The zero-order chi connectivity index (χ0) is 18.0. The van der Waals surface area contributed by atoms with Gasteiger partial charge in [-0.3, -0.25) is 0 Å². The number of benzene rings is 1. The highest BCUT2D eigenvalue weighted by Crippen LogP contribution is 2.40. The van der Waals surface area contributed by atoms with Crippen LogP contribution in [0.2, 0.25) is 0 Å². The second-order valence-corrected chi connectivity index (χ2v) is 5.94. The maximum Gasteiger partial charge on any atom is 0.433 e. The number of aromatic nitrogens is 2. The summed E-state index contributed by atoms with van der Waals surface area (Å²) in [5, 5.41) is 0.139. The van der Waals surface area contributed by atoms with E-state index >= 15 is 0 Å². The highest BCUT2D eigenvalue weighted by molar-refractivity contribution is 6.04. The van der Waals surface area contributed by atoms with Gasteiger partial charge in [-0.2, -0.15) is 26.3 Å².